The highest BCUT2D eigenvalue weighted by atomic mass is 16.5. The van der Waals surface area contributed by atoms with Gasteiger partial charge in [-0.2, -0.15) is 5.10 Å². The fourth-order valence-electron chi connectivity index (χ4n) is 4.73. The minimum atomic E-state index is -0.474. The third-order valence-electron chi connectivity index (χ3n) is 6.92. The van der Waals surface area contributed by atoms with E-state index >= 15 is 0 Å². The van der Waals surface area contributed by atoms with Gasteiger partial charge in [0.15, 0.2) is 23.1 Å². The van der Waals surface area contributed by atoms with Gasteiger partial charge in [-0.25, -0.2) is 9.67 Å². The van der Waals surface area contributed by atoms with Crippen molar-refractivity contribution in [2.45, 2.75) is 46.7 Å². The fourth-order valence-corrected chi connectivity index (χ4v) is 4.73. The van der Waals surface area contributed by atoms with Gasteiger partial charge >= 0.3 is 0 Å². The maximum atomic E-state index is 13.4. The second-order valence-corrected chi connectivity index (χ2v) is 11.1. The molecule has 2 aromatic carbocycles. The summed E-state index contributed by atoms with van der Waals surface area (Å²) in [6, 6.07) is 14.1. The first-order valence-electron chi connectivity index (χ1n) is 14.3. The molecule has 0 saturated heterocycles. The second kappa shape index (κ2) is 14.0. The van der Waals surface area contributed by atoms with Crippen molar-refractivity contribution in [2.75, 3.05) is 33.4 Å². The minimum absolute atomic E-state index is 0.0283. The normalized spacial score (nSPS) is 16.7. The van der Waals surface area contributed by atoms with E-state index in [2.05, 4.69) is 10.6 Å². The number of hydrogen-bond acceptors (Lipinski definition) is 7. The molecule has 1 aliphatic rings. The van der Waals surface area contributed by atoms with Crippen molar-refractivity contribution in [2.24, 2.45) is 11.8 Å². The maximum Gasteiger partial charge on any atom is 0.251 e. The first-order chi connectivity index (χ1) is 20.2. The zero-order valence-electron chi connectivity index (χ0n) is 24.9. The van der Waals surface area contributed by atoms with E-state index in [9.17, 15) is 14.4 Å². The predicted molar refractivity (Wildman–Crippen MR) is 158 cm³/mol. The first kappa shape index (κ1) is 30.5. The van der Waals surface area contributed by atoms with Gasteiger partial charge in [0.05, 0.1) is 26.2 Å². The zero-order chi connectivity index (χ0) is 30.2. The van der Waals surface area contributed by atoms with Crippen LogP contribution in [0.25, 0.3) is 11.4 Å². The molecule has 0 unspecified atom stereocenters. The molecule has 0 spiro atoms. The van der Waals surface area contributed by atoms with E-state index in [1.54, 1.807) is 22.9 Å². The summed E-state index contributed by atoms with van der Waals surface area (Å²) >= 11 is 0. The summed E-state index contributed by atoms with van der Waals surface area (Å²) in [6.07, 6.45) is 0.294. The molecule has 224 valence electrons. The third-order valence-corrected chi connectivity index (χ3v) is 6.92. The number of rotatable bonds is 5. The molecule has 11 nitrogen and oxygen atoms in total. The summed E-state index contributed by atoms with van der Waals surface area (Å²) in [5, 5.41) is 10.7. The summed E-state index contributed by atoms with van der Waals surface area (Å²) in [6.45, 7) is 8.67. The highest BCUT2D eigenvalue weighted by Crippen LogP contribution is 2.29. The molecule has 11 heteroatoms. The Balaban J connectivity index is 1.73. The topological polar surface area (TPSA) is 128 Å². The van der Waals surface area contributed by atoms with Crippen LogP contribution in [0.5, 0.6) is 11.5 Å². The highest BCUT2D eigenvalue weighted by molar-refractivity contribution is 5.95. The summed E-state index contributed by atoms with van der Waals surface area (Å²) in [5.41, 5.74) is 1.24. The van der Waals surface area contributed by atoms with Gasteiger partial charge in [0.25, 0.3) is 5.91 Å². The van der Waals surface area contributed by atoms with Crippen LogP contribution in [0.1, 0.15) is 56.3 Å². The molecule has 3 aromatic rings. The largest absolute Gasteiger partial charge is 0.493 e. The highest BCUT2D eigenvalue weighted by Gasteiger charge is 2.28. The Labute approximate surface area is 246 Å². The van der Waals surface area contributed by atoms with Gasteiger partial charge in [-0.05, 0) is 30.0 Å². The van der Waals surface area contributed by atoms with Crippen molar-refractivity contribution >= 4 is 17.7 Å². The Morgan fingerprint density at radius 1 is 1.07 bits per heavy atom. The molecule has 0 radical (unpaired) electrons. The average Bonchev–Trinajstić information content (AvgIpc) is 3.38. The number of nitrogens with one attached hydrogen (secondary N) is 2. The minimum Gasteiger partial charge on any atom is -0.493 e. The van der Waals surface area contributed by atoms with E-state index in [-0.39, 0.29) is 55.8 Å². The first-order valence-corrected chi connectivity index (χ1v) is 14.3. The van der Waals surface area contributed by atoms with Gasteiger partial charge in [0.1, 0.15) is 6.61 Å². The van der Waals surface area contributed by atoms with Crippen LogP contribution in [-0.2, 0) is 16.1 Å². The van der Waals surface area contributed by atoms with Crippen LogP contribution >= 0.6 is 0 Å². The maximum absolute atomic E-state index is 13.4. The molecule has 0 fully saturated rings. The van der Waals surface area contributed by atoms with Crippen molar-refractivity contribution in [3.8, 4) is 22.9 Å². The van der Waals surface area contributed by atoms with Crippen molar-refractivity contribution in [3.63, 3.8) is 0 Å². The fraction of sp³-hybridized carbons (Fsp3) is 0.452. The Bertz CT molecular complexity index is 1390. The third kappa shape index (κ3) is 7.65. The number of aromatic nitrogens is 3. The lowest BCUT2D eigenvalue weighted by Crippen LogP contribution is -2.46. The molecule has 1 aliphatic heterocycles. The molecule has 3 amide bonds. The smallest absolute Gasteiger partial charge is 0.251 e. The lowest BCUT2D eigenvalue weighted by atomic mass is 10.0. The number of nitrogens with zero attached hydrogens (tertiary/aromatic N) is 4. The molecule has 2 N–H and O–H groups in total. The molecular formula is C31H40N6O5. The Kier molecular flexibility index (Phi) is 10.2. The molecule has 0 aliphatic carbocycles. The summed E-state index contributed by atoms with van der Waals surface area (Å²) in [7, 11) is 1.54. The Morgan fingerprint density at radius 3 is 2.52 bits per heavy atom. The Hall–Kier alpha value is -4.41. The number of hydrogen-bond donors (Lipinski definition) is 2. The van der Waals surface area contributed by atoms with Gasteiger partial charge < -0.3 is 25.0 Å². The quantitative estimate of drug-likeness (QED) is 0.476. The van der Waals surface area contributed by atoms with E-state index in [1.165, 1.54) is 12.0 Å². The monoisotopic (exact) mass is 576 g/mol. The van der Waals surface area contributed by atoms with Gasteiger partial charge in [-0.3, -0.25) is 14.4 Å². The van der Waals surface area contributed by atoms with Gasteiger partial charge in [0, 0.05) is 30.6 Å². The summed E-state index contributed by atoms with van der Waals surface area (Å²) < 4.78 is 13.3. The van der Waals surface area contributed by atoms with Crippen molar-refractivity contribution < 1.29 is 23.9 Å². The van der Waals surface area contributed by atoms with Crippen molar-refractivity contribution in [3.05, 3.63) is 59.9 Å². The SMILES string of the molecule is COc1ccc2cc1OCCn1nc(-c3ccccc3)nc1[C@@H](C(C)C)NC(=O)CN(C(=O)CC(C)C)CCNC2=O. The van der Waals surface area contributed by atoms with E-state index in [1.807, 2.05) is 58.0 Å². The number of amides is 3. The summed E-state index contributed by atoms with van der Waals surface area (Å²) in [4.78, 5) is 45.8. The van der Waals surface area contributed by atoms with Crippen LogP contribution in [0.2, 0.25) is 0 Å². The van der Waals surface area contributed by atoms with Crippen LogP contribution in [0, 0.1) is 11.8 Å². The zero-order valence-corrected chi connectivity index (χ0v) is 24.9. The molecule has 42 heavy (non-hydrogen) atoms. The van der Waals surface area contributed by atoms with Gasteiger partial charge in [-0.1, -0.05) is 58.0 Å². The lowest BCUT2D eigenvalue weighted by molar-refractivity contribution is -0.137. The second-order valence-electron chi connectivity index (χ2n) is 11.1. The van der Waals surface area contributed by atoms with Crippen LogP contribution < -0.4 is 20.1 Å². The summed E-state index contributed by atoms with van der Waals surface area (Å²) in [5.74, 6) is 1.33. The van der Waals surface area contributed by atoms with Crippen LogP contribution in [0.4, 0.5) is 0 Å². The molecular weight excluding hydrogens is 536 g/mol. The molecule has 2 bridgehead atoms. The molecule has 1 atom stereocenters. The van der Waals surface area contributed by atoms with E-state index in [0.29, 0.717) is 41.7 Å². The van der Waals surface area contributed by atoms with Crippen LogP contribution in [0.15, 0.2) is 48.5 Å². The van der Waals surface area contributed by atoms with Crippen molar-refractivity contribution in [1.82, 2.24) is 30.3 Å². The van der Waals surface area contributed by atoms with Crippen LogP contribution in [-0.4, -0.2) is 70.7 Å². The van der Waals surface area contributed by atoms with E-state index in [4.69, 9.17) is 19.6 Å². The lowest BCUT2D eigenvalue weighted by Gasteiger charge is -2.26. The number of fused-ring (bicyclic) bond motifs is 3. The molecule has 1 aromatic heterocycles. The Morgan fingerprint density at radius 2 is 1.83 bits per heavy atom. The predicted octanol–water partition coefficient (Wildman–Crippen LogP) is 3.46. The number of ether oxygens (including phenoxy) is 2. The number of carbonyl (C=O) groups excluding carboxylic acids is 3. The van der Waals surface area contributed by atoms with Gasteiger partial charge in [-0.15, -0.1) is 0 Å². The number of carbonyl (C=O) groups is 3. The van der Waals surface area contributed by atoms with E-state index < -0.39 is 6.04 Å². The molecule has 0 saturated carbocycles. The van der Waals surface area contributed by atoms with Crippen LogP contribution in [0.3, 0.4) is 0 Å². The van der Waals surface area contributed by atoms with Gasteiger partial charge in [0.2, 0.25) is 11.8 Å². The number of methoxy groups -OCH3 is 1. The van der Waals surface area contributed by atoms with Crippen molar-refractivity contribution in [1.29, 1.82) is 0 Å². The van der Waals surface area contributed by atoms with E-state index in [0.717, 1.165) is 5.56 Å². The molecule has 4 rings (SSSR count). The average molecular weight is 577 g/mol. The molecule has 2 heterocycles. The number of benzene rings is 2. The standard InChI is InChI=1S/C31H40N6O5/c1-20(2)17-27(39)36-14-13-32-31(40)23-11-12-24(41-5)25(18-23)42-16-15-37-30(28(21(3)4)33-26(38)19-36)34-29(35-37)22-9-7-6-8-10-22/h6-12,18,20-21,28H,13-17,19H2,1-5H3,(H,32,40)(H,33,38)/t28-/m1/s1.